The molecule has 0 aromatic heterocycles. The second-order valence-corrected chi connectivity index (χ2v) is 4.31. The fraction of sp³-hybridized carbons (Fsp3) is 0.250. The predicted molar refractivity (Wildman–Crippen MR) is 74.5 cm³/mol. The van der Waals surface area contributed by atoms with Crippen LogP contribution in [0.2, 0.25) is 0 Å². The molecule has 2 heteroatoms. The molecule has 94 valence electrons. The lowest BCUT2D eigenvalue weighted by Crippen LogP contribution is -1.99. The van der Waals surface area contributed by atoms with Gasteiger partial charge in [-0.25, -0.2) is 0 Å². The van der Waals surface area contributed by atoms with E-state index in [0.29, 0.717) is 13.2 Å². The van der Waals surface area contributed by atoms with E-state index in [1.54, 1.807) is 0 Å². The summed E-state index contributed by atoms with van der Waals surface area (Å²) < 4.78 is 5.75. The molecule has 0 amide bonds. The van der Waals surface area contributed by atoms with E-state index in [-0.39, 0.29) is 0 Å². The van der Waals surface area contributed by atoms with Gasteiger partial charge in [-0.3, -0.25) is 0 Å². The van der Waals surface area contributed by atoms with Crippen LogP contribution in [0, 0.1) is 0 Å². The largest absolute Gasteiger partial charge is 0.489 e. The zero-order valence-corrected chi connectivity index (χ0v) is 10.7. The van der Waals surface area contributed by atoms with Gasteiger partial charge in [0, 0.05) is 6.54 Å². The molecule has 2 rings (SSSR count). The first-order valence-electron chi connectivity index (χ1n) is 6.31. The van der Waals surface area contributed by atoms with Gasteiger partial charge in [0.1, 0.15) is 12.4 Å². The van der Waals surface area contributed by atoms with Crippen molar-refractivity contribution in [1.82, 2.24) is 0 Å². The van der Waals surface area contributed by atoms with Crippen molar-refractivity contribution >= 4 is 0 Å². The molecule has 0 aliphatic rings. The number of benzene rings is 2. The molecule has 2 nitrogen and oxygen atoms in total. The summed E-state index contributed by atoms with van der Waals surface area (Å²) in [6.07, 6.45) is 1.07. The lowest BCUT2D eigenvalue weighted by atomic mass is 10.1. The number of aryl methyl sites for hydroxylation is 1. The smallest absolute Gasteiger partial charge is 0.120 e. The third-order valence-electron chi connectivity index (χ3n) is 2.97. The Morgan fingerprint density at radius 2 is 1.67 bits per heavy atom. The molecule has 18 heavy (non-hydrogen) atoms. The molecule has 0 aliphatic carbocycles. The van der Waals surface area contributed by atoms with Gasteiger partial charge in [0.2, 0.25) is 0 Å². The minimum Gasteiger partial charge on any atom is -0.489 e. The summed E-state index contributed by atoms with van der Waals surface area (Å²) >= 11 is 0. The van der Waals surface area contributed by atoms with Crippen LogP contribution in [0.4, 0.5) is 0 Å². The highest BCUT2D eigenvalue weighted by molar-refractivity contribution is 5.29. The zero-order chi connectivity index (χ0) is 12.8. The number of nitrogens with two attached hydrogens (primary N) is 1. The predicted octanol–water partition coefficient (Wildman–Crippen LogP) is 3.29. The van der Waals surface area contributed by atoms with E-state index in [2.05, 4.69) is 31.2 Å². The molecule has 0 fully saturated rings. The van der Waals surface area contributed by atoms with Crippen LogP contribution < -0.4 is 10.5 Å². The van der Waals surface area contributed by atoms with Crippen molar-refractivity contribution in [3.63, 3.8) is 0 Å². The van der Waals surface area contributed by atoms with E-state index >= 15 is 0 Å². The van der Waals surface area contributed by atoms with Gasteiger partial charge >= 0.3 is 0 Å². The van der Waals surface area contributed by atoms with E-state index < -0.39 is 0 Å². The summed E-state index contributed by atoms with van der Waals surface area (Å²) in [5.41, 5.74) is 9.23. The Morgan fingerprint density at radius 3 is 2.33 bits per heavy atom. The molecule has 2 aromatic rings. The van der Waals surface area contributed by atoms with Crippen LogP contribution in [0.25, 0.3) is 0 Å². The zero-order valence-electron chi connectivity index (χ0n) is 10.7. The summed E-state index contributed by atoms with van der Waals surface area (Å²) in [6, 6.07) is 16.4. The Labute approximate surface area is 108 Å². The van der Waals surface area contributed by atoms with Gasteiger partial charge in [-0.05, 0) is 35.2 Å². The maximum Gasteiger partial charge on any atom is 0.120 e. The van der Waals surface area contributed by atoms with Gasteiger partial charge in [-0.1, -0.05) is 43.3 Å². The van der Waals surface area contributed by atoms with Gasteiger partial charge < -0.3 is 10.5 Å². The molecule has 0 unspecified atom stereocenters. The first kappa shape index (κ1) is 12.7. The Balaban J connectivity index is 1.97. The standard InChI is InChI=1S/C16H19NO/c1-2-13-6-8-14(9-7-13)12-18-16-5-3-4-15(10-16)11-17/h3-10H,2,11-12,17H2,1H3. The normalized spacial score (nSPS) is 10.3. The molecule has 2 aromatic carbocycles. The number of ether oxygens (including phenoxy) is 1. The molecular weight excluding hydrogens is 222 g/mol. The molecular formula is C16H19NO. The van der Waals surface area contributed by atoms with E-state index in [9.17, 15) is 0 Å². The Hall–Kier alpha value is -1.80. The molecule has 2 N–H and O–H groups in total. The molecule has 0 saturated carbocycles. The van der Waals surface area contributed by atoms with Crippen LogP contribution in [0.15, 0.2) is 48.5 Å². The average Bonchev–Trinajstić information content (AvgIpc) is 2.46. The first-order valence-corrected chi connectivity index (χ1v) is 6.31. The number of hydrogen-bond donors (Lipinski definition) is 1. The van der Waals surface area contributed by atoms with Crippen LogP contribution in [-0.4, -0.2) is 0 Å². The van der Waals surface area contributed by atoms with E-state index in [1.807, 2.05) is 24.3 Å². The Bertz CT molecular complexity index is 491. The molecule has 0 atom stereocenters. The van der Waals surface area contributed by atoms with Crippen molar-refractivity contribution < 1.29 is 4.74 Å². The molecule has 0 radical (unpaired) electrons. The van der Waals surface area contributed by atoms with Crippen molar-refractivity contribution in [3.8, 4) is 5.75 Å². The fourth-order valence-electron chi connectivity index (χ4n) is 1.80. The van der Waals surface area contributed by atoms with Gasteiger partial charge in [-0.2, -0.15) is 0 Å². The van der Waals surface area contributed by atoms with Crippen LogP contribution in [0.1, 0.15) is 23.6 Å². The lowest BCUT2D eigenvalue weighted by molar-refractivity contribution is 0.306. The highest BCUT2D eigenvalue weighted by atomic mass is 16.5. The van der Waals surface area contributed by atoms with Crippen molar-refractivity contribution in [3.05, 3.63) is 65.2 Å². The minimum absolute atomic E-state index is 0.544. The summed E-state index contributed by atoms with van der Waals surface area (Å²) in [5, 5.41) is 0. The quantitative estimate of drug-likeness (QED) is 0.871. The maximum atomic E-state index is 5.75. The summed E-state index contributed by atoms with van der Waals surface area (Å²) in [5.74, 6) is 0.873. The number of hydrogen-bond acceptors (Lipinski definition) is 2. The van der Waals surface area contributed by atoms with Crippen LogP contribution in [-0.2, 0) is 19.6 Å². The van der Waals surface area contributed by atoms with Gasteiger partial charge in [0.15, 0.2) is 0 Å². The van der Waals surface area contributed by atoms with Crippen LogP contribution >= 0.6 is 0 Å². The topological polar surface area (TPSA) is 35.2 Å². The van der Waals surface area contributed by atoms with Crippen molar-refractivity contribution in [2.24, 2.45) is 5.73 Å². The summed E-state index contributed by atoms with van der Waals surface area (Å²) in [4.78, 5) is 0. The molecule has 0 spiro atoms. The maximum absolute atomic E-state index is 5.75. The lowest BCUT2D eigenvalue weighted by Gasteiger charge is -2.08. The first-order chi connectivity index (χ1) is 8.81. The molecule has 0 aliphatic heterocycles. The molecule has 0 saturated heterocycles. The highest BCUT2D eigenvalue weighted by Gasteiger charge is 1.97. The highest BCUT2D eigenvalue weighted by Crippen LogP contribution is 2.15. The van der Waals surface area contributed by atoms with Crippen molar-refractivity contribution in [2.45, 2.75) is 26.5 Å². The Kier molecular flexibility index (Phi) is 4.37. The second kappa shape index (κ2) is 6.22. The second-order valence-electron chi connectivity index (χ2n) is 4.31. The van der Waals surface area contributed by atoms with E-state index in [0.717, 1.165) is 17.7 Å². The van der Waals surface area contributed by atoms with Gasteiger partial charge in [-0.15, -0.1) is 0 Å². The third kappa shape index (κ3) is 3.34. The molecule has 0 bridgehead atoms. The van der Waals surface area contributed by atoms with E-state index in [4.69, 9.17) is 10.5 Å². The average molecular weight is 241 g/mol. The fourth-order valence-corrected chi connectivity index (χ4v) is 1.80. The number of rotatable bonds is 5. The van der Waals surface area contributed by atoms with Gasteiger partial charge in [0.25, 0.3) is 0 Å². The monoisotopic (exact) mass is 241 g/mol. The SMILES string of the molecule is CCc1ccc(COc2cccc(CN)c2)cc1. The third-order valence-corrected chi connectivity index (χ3v) is 2.97. The van der Waals surface area contributed by atoms with Crippen molar-refractivity contribution in [2.75, 3.05) is 0 Å². The summed E-state index contributed by atoms with van der Waals surface area (Å²) in [6.45, 7) is 3.30. The minimum atomic E-state index is 0.544. The molecule has 0 heterocycles. The van der Waals surface area contributed by atoms with Crippen molar-refractivity contribution in [1.29, 1.82) is 0 Å². The Morgan fingerprint density at radius 1 is 0.944 bits per heavy atom. The van der Waals surface area contributed by atoms with E-state index in [1.165, 1.54) is 11.1 Å². The van der Waals surface area contributed by atoms with Gasteiger partial charge in [0.05, 0.1) is 0 Å². The van der Waals surface area contributed by atoms with Crippen LogP contribution in [0.3, 0.4) is 0 Å². The summed E-state index contributed by atoms with van der Waals surface area (Å²) in [7, 11) is 0. The van der Waals surface area contributed by atoms with Crippen LogP contribution in [0.5, 0.6) is 5.75 Å².